The number of hydrogen-bond donors (Lipinski definition) is 3. The maximum Gasteiger partial charge on any atom is 0.472 e. The van der Waals surface area contributed by atoms with Crippen molar-refractivity contribution in [3.8, 4) is 0 Å². The van der Waals surface area contributed by atoms with E-state index in [2.05, 4.69) is 48.5 Å². The summed E-state index contributed by atoms with van der Waals surface area (Å²) in [5, 5.41) is 10.6. The van der Waals surface area contributed by atoms with Crippen molar-refractivity contribution in [1.82, 2.24) is 0 Å². The average molecular weight is 1410 g/mol. The quantitative estimate of drug-likeness (QED) is 0.0222. The zero-order chi connectivity index (χ0) is 70.9. The second-order valence-corrected chi connectivity index (χ2v) is 31.8. The molecule has 570 valence electrons. The SMILES string of the molecule is CCCCCCCCCCCCCCC(=O)O[C@H](COC(=O)CCCCCCCCC(C)CC)COP(=O)(O)OC[C@H](O)COP(=O)(O)OC[C@@H](COC(=O)CCCCCCCCCCCCCCCC(C)C)OC(=O)CCCCCCCCCCCCCCCCCC(C)C. The number of esters is 4. The van der Waals surface area contributed by atoms with Crippen LogP contribution in [0.5, 0.6) is 0 Å². The summed E-state index contributed by atoms with van der Waals surface area (Å²) in [5.41, 5.74) is 0. The van der Waals surface area contributed by atoms with Gasteiger partial charge in [0, 0.05) is 25.7 Å². The van der Waals surface area contributed by atoms with Gasteiger partial charge in [-0.3, -0.25) is 37.3 Å². The standard InChI is InChI=1S/C77H150O17P2/c1-8-10-11-12-13-14-15-26-32-37-46-53-60-76(81)94-73(65-88-75(80)59-52-45-40-39-43-50-57-70(7)9-2)67-92-96(85,86)90-63-71(78)62-89-95(83,84)91-66-72(64-87-74(79)58-51-44-36-31-27-23-19-21-25-30-35-42-49-56-69(5)6)93-77(82)61-54-47-38-33-28-22-18-16-17-20-24-29-34-41-48-55-68(3)4/h68-73,78H,8-67H2,1-7H3,(H,83,84)(H,85,86)/t70?,71-,72-,73-/m1/s1. The molecule has 96 heavy (non-hydrogen) atoms. The van der Waals surface area contributed by atoms with Crippen molar-refractivity contribution in [3.63, 3.8) is 0 Å². The molecule has 0 heterocycles. The predicted molar refractivity (Wildman–Crippen MR) is 391 cm³/mol. The second-order valence-electron chi connectivity index (χ2n) is 28.9. The van der Waals surface area contributed by atoms with Gasteiger partial charge in [-0.05, 0) is 43.4 Å². The molecule has 3 unspecified atom stereocenters. The molecule has 0 radical (unpaired) electrons. The molecule has 0 saturated carbocycles. The Morgan fingerprint density at radius 3 is 0.792 bits per heavy atom. The second kappa shape index (κ2) is 67.5. The first-order valence-corrected chi connectivity index (χ1v) is 42.9. The van der Waals surface area contributed by atoms with Crippen molar-refractivity contribution >= 4 is 39.5 Å². The van der Waals surface area contributed by atoms with Crippen LogP contribution in [0.2, 0.25) is 0 Å². The van der Waals surface area contributed by atoms with Crippen molar-refractivity contribution in [2.75, 3.05) is 39.6 Å². The summed E-state index contributed by atoms with van der Waals surface area (Å²) >= 11 is 0. The van der Waals surface area contributed by atoms with E-state index in [1.807, 2.05) is 0 Å². The summed E-state index contributed by atoms with van der Waals surface area (Å²) < 4.78 is 68.6. The lowest BCUT2D eigenvalue weighted by atomic mass is 10.00. The first-order valence-electron chi connectivity index (χ1n) is 39.9. The van der Waals surface area contributed by atoms with E-state index in [0.717, 1.165) is 114 Å². The summed E-state index contributed by atoms with van der Waals surface area (Å²) in [4.78, 5) is 72.8. The van der Waals surface area contributed by atoms with E-state index in [-0.39, 0.29) is 25.7 Å². The molecule has 0 aliphatic heterocycles. The molecule has 0 spiro atoms. The van der Waals surface area contributed by atoms with Crippen molar-refractivity contribution in [3.05, 3.63) is 0 Å². The first-order chi connectivity index (χ1) is 46.3. The van der Waals surface area contributed by atoms with Crippen LogP contribution in [0.1, 0.15) is 395 Å². The van der Waals surface area contributed by atoms with Crippen LogP contribution in [0, 0.1) is 17.8 Å². The van der Waals surface area contributed by atoms with Crippen molar-refractivity contribution in [2.24, 2.45) is 17.8 Å². The molecular weight excluding hydrogens is 1260 g/mol. The number of hydrogen-bond acceptors (Lipinski definition) is 15. The van der Waals surface area contributed by atoms with E-state index in [4.69, 9.17) is 37.0 Å². The highest BCUT2D eigenvalue weighted by molar-refractivity contribution is 7.47. The van der Waals surface area contributed by atoms with Gasteiger partial charge in [0.05, 0.1) is 26.4 Å². The van der Waals surface area contributed by atoms with Crippen LogP contribution >= 0.6 is 15.6 Å². The minimum absolute atomic E-state index is 0.106. The molecule has 0 aliphatic rings. The molecular formula is C77H150O17P2. The number of unbranched alkanes of at least 4 members (excludes halogenated alkanes) is 42. The van der Waals surface area contributed by atoms with Crippen LogP contribution < -0.4 is 0 Å². The fourth-order valence-electron chi connectivity index (χ4n) is 11.7. The summed E-state index contributed by atoms with van der Waals surface area (Å²) in [7, 11) is -9.91. The van der Waals surface area contributed by atoms with Gasteiger partial charge >= 0.3 is 39.5 Å². The van der Waals surface area contributed by atoms with Gasteiger partial charge < -0.3 is 33.8 Å². The number of rotatable bonds is 75. The maximum atomic E-state index is 13.1. The Hall–Kier alpha value is -1.94. The van der Waals surface area contributed by atoms with Gasteiger partial charge in [-0.2, -0.15) is 0 Å². The largest absolute Gasteiger partial charge is 0.472 e. The minimum atomic E-state index is -4.96. The number of aliphatic hydroxyl groups excluding tert-OH is 1. The molecule has 0 aromatic carbocycles. The molecule has 0 aromatic rings. The van der Waals surface area contributed by atoms with Crippen LogP contribution in [0.25, 0.3) is 0 Å². The third-order valence-corrected chi connectivity index (χ3v) is 20.1. The van der Waals surface area contributed by atoms with E-state index >= 15 is 0 Å². The highest BCUT2D eigenvalue weighted by Gasteiger charge is 2.30. The first kappa shape index (κ1) is 94.1. The van der Waals surface area contributed by atoms with Crippen molar-refractivity contribution in [2.45, 2.75) is 414 Å². The van der Waals surface area contributed by atoms with Gasteiger partial charge in [-0.1, -0.05) is 344 Å². The maximum absolute atomic E-state index is 13.1. The molecule has 0 rings (SSSR count). The van der Waals surface area contributed by atoms with Crippen LogP contribution in [0.15, 0.2) is 0 Å². The Balaban J connectivity index is 5.24. The minimum Gasteiger partial charge on any atom is -0.462 e. The summed E-state index contributed by atoms with van der Waals surface area (Å²) in [6.45, 7) is 11.9. The highest BCUT2D eigenvalue weighted by Crippen LogP contribution is 2.45. The van der Waals surface area contributed by atoms with Gasteiger partial charge in [0.15, 0.2) is 12.2 Å². The molecule has 17 nitrogen and oxygen atoms in total. The summed E-state index contributed by atoms with van der Waals surface area (Å²) in [5.74, 6) is 0.209. The fourth-order valence-corrected chi connectivity index (χ4v) is 13.3. The van der Waals surface area contributed by atoms with Crippen molar-refractivity contribution < 1.29 is 80.2 Å². The monoisotopic (exact) mass is 1410 g/mol. The summed E-state index contributed by atoms with van der Waals surface area (Å²) in [6, 6.07) is 0. The summed E-state index contributed by atoms with van der Waals surface area (Å²) in [6.07, 6.45) is 54.0. The third-order valence-electron chi connectivity index (χ3n) is 18.2. The number of carbonyl (C=O) groups is 4. The van der Waals surface area contributed by atoms with Crippen LogP contribution in [-0.4, -0.2) is 96.7 Å². The third kappa shape index (κ3) is 69.2. The lowest BCUT2D eigenvalue weighted by molar-refractivity contribution is -0.161. The normalized spacial score (nSPS) is 14.3. The Morgan fingerprint density at radius 2 is 0.531 bits per heavy atom. The Bertz CT molecular complexity index is 1870. The van der Waals surface area contributed by atoms with Gasteiger partial charge in [0.25, 0.3) is 0 Å². The van der Waals surface area contributed by atoms with Crippen molar-refractivity contribution in [1.29, 1.82) is 0 Å². The predicted octanol–water partition coefficient (Wildman–Crippen LogP) is 22.6. The van der Waals surface area contributed by atoms with E-state index in [1.54, 1.807) is 0 Å². The lowest BCUT2D eigenvalue weighted by Crippen LogP contribution is -2.30. The van der Waals surface area contributed by atoms with E-state index in [1.165, 1.54) is 199 Å². The lowest BCUT2D eigenvalue weighted by Gasteiger charge is -2.21. The molecule has 0 fully saturated rings. The Labute approximate surface area is 588 Å². The van der Waals surface area contributed by atoms with Gasteiger partial charge in [0.1, 0.15) is 19.3 Å². The van der Waals surface area contributed by atoms with Crippen LogP contribution in [0.3, 0.4) is 0 Å². The van der Waals surface area contributed by atoms with E-state index in [0.29, 0.717) is 25.7 Å². The molecule has 19 heteroatoms. The zero-order valence-corrected chi connectivity index (χ0v) is 64.6. The van der Waals surface area contributed by atoms with Gasteiger partial charge in [0.2, 0.25) is 0 Å². The number of aliphatic hydroxyl groups is 1. The molecule has 0 saturated heterocycles. The molecule has 3 N–H and O–H groups in total. The fraction of sp³-hybridized carbons (Fsp3) is 0.948. The number of phosphoric ester groups is 2. The molecule has 0 amide bonds. The number of carbonyl (C=O) groups excluding carboxylic acids is 4. The molecule has 0 bridgehead atoms. The van der Waals surface area contributed by atoms with Gasteiger partial charge in [-0.25, -0.2) is 9.13 Å². The van der Waals surface area contributed by atoms with Gasteiger partial charge in [-0.15, -0.1) is 0 Å². The molecule has 0 aliphatic carbocycles. The van der Waals surface area contributed by atoms with Crippen LogP contribution in [-0.2, 0) is 65.4 Å². The highest BCUT2D eigenvalue weighted by atomic mass is 31.2. The van der Waals surface area contributed by atoms with E-state index < -0.39 is 97.5 Å². The Morgan fingerprint density at radius 1 is 0.302 bits per heavy atom. The topological polar surface area (TPSA) is 237 Å². The Kier molecular flexibility index (Phi) is 66.2. The number of ether oxygens (including phenoxy) is 4. The molecule has 0 aromatic heterocycles. The average Bonchev–Trinajstić information content (AvgIpc) is 1.18. The van der Waals surface area contributed by atoms with E-state index in [9.17, 15) is 43.2 Å². The smallest absolute Gasteiger partial charge is 0.462 e. The molecule has 6 atom stereocenters. The zero-order valence-electron chi connectivity index (χ0n) is 62.8. The number of phosphoric acid groups is 2. The van der Waals surface area contributed by atoms with Crippen LogP contribution in [0.4, 0.5) is 0 Å².